The van der Waals surface area contributed by atoms with E-state index in [-0.39, 0.29) is 0 Å². The quantitative estimate of drug-likeness (QED) is 0.736. The molecule has 0 radical (unpaired) electrons. The van der Waals surface area contributed by atoms with E-state index in [0.717, 1.165) is 23.9 Å². The Morgan fingerprint density at radius 2 is 1.75 bits per heavy atom. The van der Waals surface area contributed by atoms with Crippen molar-refractivity contribution < 1.29 is 0 Å². The summed E-state index contributed by atoms with van der Waals surface area (Å²) in [7, 11) is 0. The van der Waals surface area contributed by atoms with Crippen molar-refractivity contribution >= 4 is 0 Å². The Bertz CT molecular complexity index is 320. The zero-order valence-electron chi connectivity index (χ0n) is 13.8. The number of hydrogen-bond acceptors (Lipinski definition) is 2. The molecule has 0 aromatic carbocycles. The fourth-order valence-corrected chi connectivity index (χ4v) is 5.04. The number of fused-ring (bicyclic) bond motifs is 1. The standard InChI is InChI=1S/C18H34N2/c1-18(2,3)15-7-4-8-16(10-9-15)20-11-5-6-14-12-19-13-17(14)20/h14-17,19H,4-13H2,1-3H3. The van der Waals surface area contributed by atoms with Crippen LogP contribution in [0.15, 0.2) is 0 Å². The van der Waals surface area contributed by atoms with Gasteiger partial charge in [0.05, 0.1) is 0 Å². The lowest BCUT2D eigenvalue weighted by molar-refractivity contribution is 0.0676. The number of nitrogens with zero attached hydrogens (tertiary/aromatic N) is 1. The molecule has 0 aromatic heterocycles. The van der Waals surface area contributed by atoms with Crippen molar-refractivity contribution in [3.05, 3.63) is 0 Å². The molecular formula is C18H34N2. The molecule has 0 aromatic rings. The number of likely N-dealkylation sites (tertiary alicyclic amines) is 1. The fraction of sp³-hybridized carbons (Fsp3) is 1.00. The molecule has 0 spiro atoms. The van der Waals surface area contributed by atoms with Crippen LogP contribution < -0.4 is 5.32 Å². The van der Waals surface area contributed by atoms with Crippen molar-refractivity contribution in [1.82, 2.24) is 10.2 Å². The lowest BCUT2D eigenvalue weighted by Crippen LogP contribution is -2.50. The summed E-state index contributed by atoms with van der Waals surface area (Å²) in [5.41, 5.74) is 0.508. The minimum Gasteiger partial charge on any atom is -0.315 e. The van der Waals surface area contributed by atoms with Gasteiger partial charge in [0.2, 0.25) is 0 Å². The molecule has 116 valence electrons. The molecule has 3 fully saturated rings. The van der Waals surface area contributed by atoms with E-state index >= 15 is 0 Å². The van der Waals surface area contributed by atoms with Gasteiger partial charge in [-0.2, -0.15) is 0 Å². The Balaban J connectivity index is 1.62. The van der Waals surface area contributed by atoms with Crippen molar-refractivity contribution in [2.45, 2.75) is 77.8 Å². The molecule has 0 bridgehead atoms. The highest BCUT2D eigenvalue weighted by Gasteiger charge is 2.39. The highest BCUT2D eigenvalue weighted by molar-refractivity contribution is 4.95. The minimum absolute atomic E-state index is 0.508. The maximum atomic E-state index is 3.64. The zero-order valence-corrected chi connectivity index (χ0v) is 13.8. The summed E-state index contributed by atoms with van der Waals surface area (Å²) in [6.07, 6.45) is 10.2. The molecule has 0 amide bonds. The van der Waals surface area contributed by atoms with Gasteiger partial charge < -0.3 is 5.32 Å². The van der Waals surface area contributed by atoms with Crippen molar-refractivity contribution in [2.24, 2.45) is 17.3 Å². The third-order valence-corrected chi connectivity index (χ3v) is 6.35. The van der Waals surface area contributed by atoms with Crippen molar-refractivity contribution in [3.63, 3.8) is 0 Å². The molecule has 20 heavy (non-hydrogen) atoms. The van der Waals surface area contributed by atoms with E-state index < -0.39 is 0 Å². The average molecular weight is 278 g/mol. The van der Waals surface area contributed by atoms with Gasteiger partial charge in [-0.15, -0.1) is 0 Å². The van der Waals surface area contributed by atoms with Crippen LogP contribution in [0, 0.1) is 17.3 Å². The second-order valence-electron chi connectivity index (χ2n) is 8.59. The number of piperidine rings is 1. The molecule has 2 heterocycles. The molecule has 2 nitrogen and oxygen atoms in total. The molecule has 3 rings (SSSR count). The highest BCUT2D eigenvalue weighted by atomic mass is 15.2. The zero-order chi connectivity index (χ0) is 14.2. The maximum Gasteiger partial charge on any atom is 0.0263 e. The van der Waals surface area contributed by atoms with Crippen LogP contribution in [0.1, 0.15) is 65.7 Å². The topological polar surface area (TPSA) is 15.3 Å². The van der Waals surface area contributed by atoms with Crippen LogP contribution in [0.5, 0.6) is 0 Å². The summed E-state index contributed by atoms with van der Waals surface area (Å²) >= 11 is 0. The smallest absolute Gasteiger partial charge is 0.0263 e. The van der Waals surface area contributed by atoms with E-state index in [1.807, 2.05) is 0 Å². The molecule has 1 aliphatic carbocycles. The van der Waals surface area contributed by atoms with Gasteiger partial charge in [0, 0.05) is 18.6 Å². The lowest BCUT2D eigenvalue weighted by Gasteiger charge is -2.42. The molecule has 4 unspecified atom stereocenters. The second kappa shape index (κ2) is 5.96. The van der Waals surface area contributed by atoms with Gasteiger partial charge >= 0.3 is 0 Å². The van der Waals surface area contributed by atoms with Gasteiger partial charge in [-0.05, 0) is 68.9 Å². The summed E-state index contributed by atoms with van der Waals surface area (Å²) in [4.78, 5) is 2.92. The van der Waals surface area contributed by atoms with Gasteiger partial charge in [0.25, 0.3) is 0 Å². The van der Waals surface area contributed by atoms with E-state index in [2.05, 4.69) is 31.0 Å². The largest absolute Gasteiger partial charge is 0.315 e. The van der Waals surface area contributed by atoms with Crippen LogP contribution >= 0.6 is 0 Å². The predicted octanol–water partition coefficient (Wildman–Crippen LogP) is 3.67. The summed E-state index contributed by atoms with van der Waals surface area (Å²) in [6.45, 7) is 11.2. The lowest BCUT2D eigenvalue weighted by atomic mass is 9.76. The maximum absolute atomic E-state index is 3.64. The first-order chi connectivity index (χ1) is 9.55. The van der Waals surface area contributed by atoms with E-state index in [0.29, 0.717) is 5.41 Å². The van der Waals surface area contributed by atoms with Crippen LogP contribution in [0.4, 0.5) is 0 Å². The van der Waals surface area contributed by atoms with Crippen LogP contribution in [-0.4, -0.2) is 36.6 Å². The van der Waals surface area contributed by atoms with Crippen LogP contribution in [-0.2, 0) is 0 Å². The first-order valence-corrected chi connectivity index (χ1v) is 9.02. The summed E-state index contributed by atoms with van der Waals surface area (Å²) in [5, 5.41) is 3.64. The van der Waals surface area contributed by atoms with Gasteiger partial charge in [-0.25, -0.2) is 0 Å². The fourth-order valence-electron chi connectivity index (χ4n) is 5.04. The van der Waals surface area contributed by atoms with Gasteiger partial charge in [-0.1, -0.05) is 27.2 Å². The molecule has 4 atom stereocenters. The monoisotopic (exact) mass is 278 g/mol. The van der Waals surface area contributed by atoms with Crippen LogP contribution in [0.25, 0.3) is 0 Å². The normalized spacial score (nSPS) is 40.4. The summed E-state index contributed by atoms with van der Waals surface area (Å²) < 4.78 is 0. The average Bonchev–Trinajstić information content (AvgIpc) is 2.73. The highest BCUT2D eigenvalue weighted by Crippen LogP contribution is 2.39. The Labute approximate surface area is 125 Å². The number of hydrogen-bond donors (Lipinski definition) is 1. The van der Waals surface area contributed by atoms with Crippen LogP contribution in [0.3, 0.4) is 0 Å². The van der Waals surface area contributed by atoms with Gasteiger partial charge in [-0.3, -0.25) is 4.90 Å². The molecule has 2 heteroatoms. The minimum atomic E-state index is 0.508. The van der Waals surface area contributed by atoms with E-state index in [4.69, 9.17) is 0 Å². The number of nitrogens with one attached hydrogen (secondary N) is 1. The third kappa shape index (κ3) is 3.06. The molecular weight excluding hydrogens is 244 g/mol. The molecule has 1 saturated carbocycles. The van der Waals surface area contributed by atoms with Gasteiger partial charge in [0.1, 0.15) is 0 Å². The predicted molar refractivity (Wildman–Crippen MR) is 85.9 cm³/mol. The summed E-state index contributed by atoms with van der Waals surface area (Å²) in [6, 6.07) is 1.75. The molecule has 2 aliphatic heterocycles. The van der Waals surface area contributed by atoms with Crippen molar-refractivity contribution in [3.8, 4) is 0 Å². The van der Waals surface area contributed by atoms with Crippen LogP contribution in [0.2, 0.25) is 0 Å². The number of rotatable bonds is 1. The molecule has 1 N–H and O–H groups in total. The van der Waals surface area contributed by atoms with E-state index in [1.54, 1.807) is 0 Å². The third-order valence-electron chi connectivity index (χ3n) is 6.35. The molecule has 3 aliphatic rings. The first kappa shape index (κ1) is 14.8. The first-order valence-electron chi connectivity index (χ1n) is 9.02. The summed E-state index contributed by atoms with van der Waals surface area (Å²) in [5.74, 6) is 1.89. The molecule has 2 saturated heterocycles. The Morgan fingerprint density at radius 1 is 0.900 bits per heavy atom. The van der Waals surface area contributed by atoms with Crippen molar-refractivity contribution in [2.75, 3.05) is 19.6 Å². The SMILES string of the molecule is CC(C)(C)C1CCCC(N2CCCC3CNCC32)CC1. The van der Waals surface area contributed by atoms with Crippen molar-refractivity contribution in [1.29, 1.82) is 0 Å². The Hall–Kier alpha value is -0.0800. The Morgan fingerprint density at radius 3 is 2.55 bits per heavy atom. The van der Waals surface area contributed by atoms with E-state index in [1.165, 1.54) is 64.6 Å². The second-order valence-corrected chi connectivity index (χ2v) is 8.59. The van der Waals surface area contributed by atoms with E-state index in [9.17, 15) is 0 Å². The van der Waals surface area contributed by atoms with Gasteiger partial charge in [0.15, 0.2) is 0 Å². The Kier molecular flexibility index (Phi) is 4.42.